The van der Waals surface area contributed by atoms with Gasteiger partial charge in [0, 0.05) is 32.0 Å². The van der Waals surface area contributed by atoms with E-state index in [2.05, 4.69) is 39.8 Å². The van der Waals surface area contributed by atoms with Gasteiger partial charge in [-0.25, -0.2) is 4.98 Å². The molecule has 4 nitrogen and oxygen atoms in total. The summed E-state index contributed by atoms with van der Waals surface area (Å²) in [5, 5.41) is 3.52. The van der Waals surface area contributed by atoms with E-state index in [0.717, 1.165) is 24.8 Å². The number of nitrogens with zero attached hydrogens (tertiary/aromatic N) is 3. The number of nitrogens with one attached hydrogen (secondary N) is 1. The largest absolute Gasteiger partial charge is 0.334 e. The lowest BCUT2D eigenvalue weighted by Gasteiger charge is -2.30. The first kappa shape index (κ1) is 14.5. The summed E-state index contributed by atoms with van der Waals surface area (Å²) >= 11 is 0. The van der Waals surface area contributed by atoms with E-state index in [1.165, 1.54) is 45.4 Å². The van der Waals surface area contributed by atoms with Gasteiger partial charge in [-0.2, -0.15) is 0 Å². The first-order chi connectivity index (χ1) is 9.29. The summed E-state index contributed by atoms with van der Waals surface area (Å²) in [6.45, 7) is 11.4. The fourth-order valence-electron chi connectivity index (χ4n) is 2.94. The van der Waals surface area contributed by atoms with Gasteiger partial charge < -0.3 is 14.8 Å². The third-order valence-corrected chi connectivity index (χ3v) is 4.04. The maximum Gasteiger partial charge on any atom is 0.105 e. The molecule has 1 N–H and O–H groups in total. The highest BCUT2D eigenvalue weighted by molar-refractivity contribution is 4.88. The number of hydrogen-bond donors (Lipinski definition) is 1. The Balaban J connectivity index is 1.79. The summed E-state index contributed by atoms with van der Waals surface area (Å²) in [4.78, 5) is 6.91. The molecule has 0 saturated carbocycles. The van der Waals surface area contributed by atoms with Crippen LogP contribution in [0.3, 0.4) is 0 Å². The van der Waals surface area contributed by atoms with Crippen LogP contribution in [0.15, 0.2) is 12.4 Å². The van der Waals surface area contributed by atoms with Crippen molar-refractivity contribution in [2.75, 3.05) is 32.7 Å². The van der Waals surface area contributed by atoms with Crippen molar-refractivity contribution in [3.8, 4) is 0 Å². The molecule has 1 atom stereocenters. The fraction of sp³-hybridized carbons (Fsp3) is 0.800. The molecule has 1 aromatic rings. The van der Waals surface area contributed by atoms with Crippen molar-refractivity contribution < 1.29 is 0 Å². The first-order valence-electron chi connectivity index (χ1n) is 7.70. The summed E-state index contributed by atoms with van der Waals surface area (Å²) in [6, 6.07) is 0. The highest BCUT2D eigenvalue weighted by Gasteiger charge is 2.16. The van der Waals surface area contributed by atoms with Gasteiger partial charge in [0.1, 0.15) is 5.82 Å². The molecule has 0 bridgehead atoms. The van der Waals surface area contributed by atoms with Crippen molar-refractivity contribution in [1.29, 1.82) is 0 Å². The van der Waals surface area contributed by atoms with Crippen molar-refractivity contribution in [2.24, 2.45) is 5.92 Å². The van der Waals surface area contributed by atoms with Crippen LogP contribution in [0.4, 0.5) is 0 Å². The van der Waals surface area contributed by atoms with Gasteiger partial charge in [0.25, 0.3) is 0 Å². The molecule has 0 radical (unpaired) electrons. The average molecular weight is 264 g/mol. The summed E-state index contributed by atoms with van der Waals surface area (Å²) in [5.41, 5.74) is 0. The molecule has 1 unspecified atom stereocenters. The summed E-state index contributed by atoms with van der Waals surface area (Å²) in [5.74, 6) is 1.96. The molecule has 1 fully saturated rings. The van der Waals surface area contributed by atoms with Gasteiger partial charge in [-0.1, -0.05) is 6.92 Å². The first-order valence-corrected chi connectivity index (χ1v) is 7.70. The highest BCUT2D eigenvalue weighted by atomic mass is 15.2. The smallest absolute Gasteiger partial charge is 0.105 e. The van der Waals surface area contributed by atoms with Crippen molar-refractivity contribution in [2.45, 2.75) is 39.7 Å². The van der Waals surface area contributed by atoms with Gasteiger partial charge in [-0.3, -0.25) is 0 Å². The number of aromatic nitrogens is 2. The van der Waals surface area contributed by atoms with E-state index < -0.39 is 0 Å². The second-order valence-electron chi connectivity index (χ2n) is 5.68. The van der Waals surface area contributed by atoms with Crippen molar-refractivity contribution in [3.63, 3.8) is 0 Å². The fourth-order valence-corrected chi connectivity index (χ4v) is 2.94. The van der Waals surface area contributed by atoms with Crippen LogP contribution in [-0.4, -0.2) is 47.2 Å². The lowest BCUT2D eigenvalue weighted by Crippen LogP contribution is -2.39. The molecule has 1 aliphatic rings. The maximum absolute atomic E-state index is 4.29. The zero-order valence-electron chi connectivity index (χ0n) is 12.4. The van der Waals surface area contributed by atoms with Gasteiger partial charge in [-0.15, -0.1) is 0 Å². The minimum absolute atomic E-state index is 0.837. The third kappa shape index (κ3) is 4.62. The van der Waals surface area contributed by atoms with Crippen molar-refractivity contribution in [3.05, 3.63) is 18.2 Å². The van der Waals surface area contributed by atoms with E-state index >= 15 is 0 Å². The summed E-state index contributed by atoms with van der Waals surface area (Å²) in [6.07, 6.45) is 7.94. The molecule has 19 heavy (non-hydrogen) atoms. The number of aryl methyl sites for hydroxylation is 1. The number of imidazole rings is 1. The van der Waals surface area contributed by atoms with E-state index in [0.29, 0.717) is 0 Å². The Labute approximate surface area is 117 Å². The molecule has 1 saturated heterocycles. The molecule has 0 aliphatic carbocycles. The normalized spacial score (nSPS) is 20.1. The van der Waals surface area contributed by atoms with Crippen LogP contribution in [0.2, 0.25) is 0 Å². The van der Waals surface area contributed by atoms with Gasteiger partial charge in [0.15, 0.2) is 0 Å². The number of hydrogen-bond acceptors (Lipinski definition) is 3. The molecule has 0 spiro atoms. The Bertz CT molecular complexity index is 355. The Hall–Kier alpha value is -0.870. The predicted octanol–water partition coefficient (Wildman–Crippen LogP) is 1.90. The molecule has 1 aromatic heterocycles. The minimum Gasteiger partial charge on any atom is -0.334 e. The molecule has 1 aliphatic heterocycles. The molecule has 0 amide bonds. The number of rotatable bonds is 7. The van der Waals surface area contributed by atoms with Crippen LogP contribution in [0.1, 0.15) is 32.0 Å². The highest BCUT2D eigenvalue weighted by Crippen LogP contribution is 2.12. The van der Waals surface area contributed by atoms with Crippen LogP contribution >= 0.6 is 0 Å². The molecule has 108 valence electrons. The minimum atomic E-state index is 0.837. The summed E-state index contributed by atoms with van der Waals surface area (Å²) in [7, 11) is 0. The van der Waals surface area contributed by atoms with Crippen LogP contribution in [0.5, 0.6) is 0 Å². The second-order valence-corrected chi connectivity index (χ2v) is 5.68. The lowest BCUT2D eigenvalue weighted by molar-refractivity contribution is 0.201. The molecule has 2 heterocycles. The van der Waals surface area contributed by atoms with E-state index in [1.54, 1.807) is 0 Å². The van der Waals surface area contributed by atoms with E-state index in [1.807, 2.05) is 6.20 Å². The van der Waals surface area contributed by atoms with Gasteiger partial charge in [0.2, 0.25) is 0 Å². The quantitative estimate of drug-likeness (QED) is 0.816. The Morgan fingerprint density at radius 3 is 3.00 bits per heavy atom. The van der Waals surface area contributed by atoms with E-state index in [-0.39, 0.29) is 0 Å². The van der Waals surface area contributed by atoms with Crippen LogP contribution in [-0.2, 0) is 6.54 Å². The SMILES string of the molecule is CCCN(CCn1ccnc1C)CC1CCCNC1. The monoisotopic (exact) mass is 264 g/mol. The topological polar surface area (TPSA) is 33.1 Å². The second kappa shape index (κ2) is 7.65. The van der Waals surface area contributed by atoms with Crippen molar-refractivity contribution >= 4 is 0 Å². The Morgan fingerprint density at radius 1 is 1.47 bits per heavy atom. The van der Waals surface area contributed by atoms with Gasteiger partial charge in [0.05, 0.1) is 0 Å². The van der Waals surface area contributed by atoms with Gasteiger partial charge in [-0.05, 0) is 51.7 Å². The number of piperidine rings is 1. The van der Waals surface area contributed by atoms with Crippen molar-refractivity contribution in [1.82, 2.24) is 19.8 Å². The van der Waals surface area contributed by atoms with Crippen LogP contribution < -0.4 is 5.32 Å². The molecular formula is C15H28N4. The third-order valence-electron chi connectivity index (χ3n) is 4.04. The standard InChI is InChI=1S/C15H28N4/c1-3-8-18(13-15-5-4-6-16-12-15)10-11-19-9-7-17-14(19)2/h7,9,15-16H,3-6,8,10-13H2,1-2H3. The molecule has 2 rings (SSSR count). The molecular weight excluding hydrogens is 236 g/mol. The Morgan fingerprint density at radius 2 is 2.37 bits per heavy atom. The van der Waals surface area contributed by atoms with Gasteiger partial charge >= 0.3 is 0 Å². The average Bonchev–Trinajstić information content (AvgIpc) is 2.83. The molecule has 4 heteroatoms. The molecule has 0 aromatic carbocycles. The zero-order valence-corrected chi connectivity index (χ0v) is 12.4. The lowest BCUT2D eigenvalue weighted by atomic mass is 9.99. The van der Waals surface area contributed by atoms with Crippen LogP contribution in [0.25, 0.3) is 0 Å². The zero-order chi connectivity index (χ0) is 13.5. The van der Waals surface area contributed by atoms with E-state index in [4.69, 9.17) is 0 Å². The Kier molecular flexibility index (Phi) is 5.86. The predicted molar refractivity (Wildman–Crippen MR) is 79.3 cm³/mol. The van der Waals surface area contributed by atoms with E-state index in [9.17, 15) is 0 Å². The van der Waals surface area contributed by atoms with Crippen LogP contribution in [0, 0.1) is 12.8 Å². The maximum atomic E-state index is 4.29. The summed E-state index contributed by atoms with van der Waals surface area (Å²) < 4.78 is 2.25.